The van der Waals surface area contributed by atoms with Crippen molar-refractivity contribution in [1.82, 2.24) is 0 Å². The van der Waals surface area contributed by atoms with Gasteiger partial charge in [0.1, 0.15) is 11.5 Å². The van der Waals surface area contributed by atoms with Gasteiger partial charge in [0.25, 0.3) is 0 Å². The highest BCUT2D eigenvalue weighted by atomic mass is 16.7. The van der Waals surface area contributed by atoms with Gasteiger partial charge in [-0.2, -0.15) is 0 Å². The van der Waals surface area contributed by atoms with Crippen LogP contribution in [0.25, 0.3) is 11.1 Å². The summed E-state index contributed by atoms with van der Waals surface area (Å²) < 4.78 is 26.6. The SMILES string of the molecule is CCC(CC(C)C)c1ccc(OC(Cc2ccccc2)OCCc2ccccc2)c(-c2ccc(COC(Cc3ccccc3)Oc3ccc(C(CC(C)(C)C)C(C)(C)N)cc3)cc2)c1. The van der Waals surface area contributed by atoms with Gasteiger partial charge in [-0.3, -0.25) is 0 Å². The van der Waals surface area contributed by atoms with E-state index in [2.05, 4.69) is 195 Å². The van der Waals surface area contributed by atoms with Crippen LogP contribution in [0.1, 0.15) is 120 Å². The fourth-order valence-corrected chi connectivity index (χ4v) is 8.54. The number of nitrogens with two attached hydrogens (primary N) is 1. The van der Waals surface area contributed by atoms with Gasteiger partial charge in [-0.25, -0.2) is 0 Å². The second-order valence-electron chi connectivity index (χ2n) is 19.8. The normalized spacial score (nSPS) is 13.9. The van der Waals surface area contributed by atoms with Gasteiger partial charge in [0.05, 0.1) is 13.2 Å². The van der Waals surface area contributed by atoms with Crippen LogP contribution in [-0.2, 0) is 35.3 Å². The summed E-state index contributed by atoms with van der Waals surface area (Å²) in [6.07, 6.45) is 4.31. The molecule has 0 saturated heterocycles. The van der Waals surface area contributed by atoms with E-state index < -0.39 is 12.6 Å². The van der Waals surface area contributed by atoms with Crippen molar-refractivity contribution in [2.75, 3.05) is 6.61 Å². The molecule has 0 bridgehead atoms. The third kappa shape index (κ3) is 15.2. The standard InChI is InChI=1S/C59H73NO4/c1-9-48(37-43(2)3)51-31-34-55(64-56(38-45-21-15-11-16-22-45)61-36-35-44-19-13-10-14-20-44)53(40-51)49-27-25-47(26-28-49)42-62-57(39-46-23-17-12-18-24-46)63-52-32-29-50(30-33-52)54(59(7,8)60)41-58(4,5)6/h10-34,40,43,48,54,56-57H,9,35-39,41-42,60H2,1-8H3. The smallest absolute Gasteiger partial charge is 0.204 e. The minimum absolute atomic E-state index is 0.151. The summed E-state index contributed by atoms with van der Waals surface area (Å²) in [5.41, 5.74) is 15.9. The molecule has 5 nitrogen and oxygen atoms in total. The van der Waals surface area contributed by atoms with Gasteiger partial charge in [-0.1, -0.05) is 175 Å². The lowest BCUT2D eigenvalue weighted by Gasteiger charge is -2.36. The monoisotopic (exact) mass is 860 g/mol. The van der Waals surface area contributed by atoms with Crippen molar-refractivity contribution in [2.45, 2.75) is 130 Å². The van der Waals surface area contributed by atoms with Gasteiger partial charge < -0.3 is 24.7 Å². The third-order valence-electron chi connectivity index (χ3n) is 12.0. The van der Waals surface area contributed by atoms with Gasteiger partial charge in [-0.05, 0) is 120 Å². The summed E-state index contributed by atoms with van der Waals surface area (Å²) in [6, 6.07) is 55.2. The molecule has 0 saturated carbocycles. The van der Waals surface area contributed by atoms with E-state index >= 15 is 0 Å². The van der Waals surface area contributed by atoms with E-state index in [0.29, 0.717) is 37.9 Å². The average molecular weight is 860 g/mol. The highest BCUT2D eigenvalue weighted by Crippen LogP contribution is 2.39. The van der Waals surface area contributed by atoms with E-state index in [1.165, 1.54) is 22.3 Å². The minimum Gasteiger partial charge on any atom is -0.465 e. The molecule has 0 aliphatic heterocycles. The first-order valence-corrected chi connectivity index (χ1v) is 23.5. The fraction of sp³-hybridized carbons (Fsp3) is 0.390. The largest absolute Gasteiger partial charge is 0.465 e. The molecule has 338 valence electrons. The van der Waals surface area contributed by atoms with Crippen molar-refractivity contribution in [1.29, 1.82) is 0 Å². The molecule has 0 radical (unpaired) electrons. The molecule has 5 heteroatoms. The van der Waals surface area contributed by atoms with Crippen molar-refractivity contribution in [3.8, 4) is 22.6 Å². The van der Waals surface area contributed by atoms with Crippen molar-refractivity contribution in [2.24, 2.45) is 17.1 Å². The first-order valence-electron chi connectivity index (χ1n) is 23.5. The second-order valence-corrected chi connectivity index (χ2v) is 19.8. The van der Waals surface area contributed by atoms with E-state index in [9.17, 15) is 0 Å². The van der Waals surface area contributed by atoms with Crippen molar-refractivity contribution >= 4 is 0 Å². The van der Waals surface area contributed by atoms with Crippen molar-refractivity contribution < 1.29 is 18.9 Å². The minimum atomic E-state index is -0.490. The molecule has 2 N–H and O–H groups in total. The quantitative estimate of drug-likeness (QED) is 0.0650. The predicted octanol–water partition coefficient (Wildman–Crippen LogP) is 14.5. The van der Waals surface area contributed by atoms with E-state index in [4.69, 9.17) is 24.7 Å². The van der Waals surface area contributed by atoms with E-state index in [1.54, 1.807) is 0 Å². The maximum atomic E-state index is 6.90. The van der Waals surface area contributed by atoms with Gasteiger partial charge in [0, 0.05) is 29.9 Å². The van der Waals surface area contributed by atoms with Crippen LogP contribution in [0, 0.1) is 11.3 Å². The van der Waals surface area contributed by atoms with Crippen molar-refractivity contribution in [3.05, 3.63) is 191 Å². The summed E-state index contributed by atoms with van der Waals surface area (Å²) in [7, 11) is 0. The molecule has 0 amide bonds. The summed E-state index contributed by atoms with van der Waals surface area (Å²) in [5.74, 6) is 2.86. The zero-order valence-electron chi connectivity index (χ0n) is 39.8. The van der Waals surface area contributed by atoms with Crippen LogP contribution in [0.15, 0.2) is 158 Å². The molecular weight excluding hydrogens is 787 g/mol. The van der Waals surface area contributed by atoms with E-state index in [1.807, 2.05) is 18.2 Å². The number of ether oxygens (including phenoxy) is 4. The number of benzene rings is 6. The van der Waals surface area contributed by atoms with Crippen LogP contribution in [0.5, 0.6) is 11.5 Å². The van der Waals surface area contributed by atoms with E-state index in [-0.39, 0.29) is 16.9 Å². The first-order chi connectivity index (χ1) is 30.7. The molecule has 6 rings (SSSR count). The van der Waals surface area contributed by atoms with Crippen LogP contribution < -0.4 is 15.2 Å². The molecule has 0 aromatic heterocycles. The lowest BCUT2D eigenvalue weighted by molar-refractivity contribution is -0.0880. The molecule has 0 aliphatic rings. The molecular formula is C59H73NO4. The first kappa shape index (κ1) is 48.3. The summed E-state index contributed by atoms with van der Waals surface area (Å²) in [5, 5.41) is 0. The maximum Gasteiger partial charge on any atom is 0.204 e. The highest BCUT2D eigenvalue weighted by molar-refractivity contribution is 5.71. The average Bonchev–Trinajstić information content (AvgIpc) is 3.27. The molecule has 0 fully saturated rings. The maximum absolute atomic E-state index is 6.90. The van der Waals surface area contributed by atoms with Crippen LogP contribution in [0.3, 0.4) is 0 Å². The zero-order chi connectivity index (χ0) is 45.5. The molecule has 0 spiro atoms. The molecule has 0 aliphatic carbocycles. The lowest BCUT2D eigenvalue weighted by Crippen LogP contribution is -2.41. The Morgan fingerprint density at radius 2 is 1.11 bits per heavy atom. The number of hydrogen-bond donors (Lipinski definition) is 1. The Morgan fingerprint density at radius 1 is 0.562 bits per heavy atom. The zero-order valence-corrected chi connectivity index (χ0v) is 39.8. The second kappa shape index (κ2) is 23.1. The molecule has 6 aromatic rings. The lowest BCUT2D eigenvalue weighted by atomic mass is 9.73. The highest BCUT2D eigenvalue weighted by Gasteiger charge is 2.31. The number of hydrogen-bond acceptors (Lipinski definition) is 5. The Hall–Kier alpha value is -5.20. The molecule has 0 heterocycles. The Bertz CT molecular complexity index is 2240. The molecule has 4 unspecified atom stereocenters. The van der Waals surface area contributed by atoms with E-state index in [0.717, 1.165) is 59.4 Å². The summed E-state index contributed by atoms with van der Waals surface area (Å²) in [4.78, 5) is 0. The predicted molar refractivity (Wildman–Crippen MR) is 266 cm³/mol. The Labute approximate surface area is 385 Å². The third-order valence-corrected chi connectivity index (χ3v) is 12.0. The number of rotatable bonds is 23. The molecule has 64 heavy (non-hydrogen) atoms. The van der Waals surface area contributed by atoms with Crippen LogP contribution >= 0.6 is 0 Å². The topological polar surface area (TPSA) is 62.9 Å². The van der Waals surface area contributed by atoms with Gasteiger partial charge >= 0.3 is 0 Å². The molecule has 6 aromatic carbocycles. The van der Waals surface area contributed by atoms with Crippen LogP contribution in [0.4, 0.5) is 0 Å². The van der Waals surface area contributed by atoms with Gasteiger partial charge in [-0.15, -0.1) is 0 Å². The summed E-state index contributed by atoms with van der Waals surface area (Å²) in [6.45, 7) is 18.9. The Morgan fingerprint density at radius 3 is 1.64 bits per heavy atom. The van der Waals surface area contributed by atoms with Crippen LogP contribution in [-0.4, -0.2) is 24.7 Å². The fourth-order valence-electron chi connectivity index (χ4n) is 8.54. The Kier molecular flexibility index (Phi) is 17.4. The summed E-state index contributed by atoms with van der Waals surface area (Å²) >= 11 is 0. The van der Waals surface area contributed by atoms with Crippen molar-refractivity contribution in [3.63, 3.8) is 0 Å². The van der Waals surface area contributed by atoms with Gasteiger partial charge in [0.2, 0.25) is 12.6 Å². The van der Waals surface area contributed by atoms with Crippen LogP contribution in [0.2, 0.25) is 0 Å². The molecule has 4 atom stereocenters. The van der Waals surface area contributed by atoms with Gasteiger partial charge in [0.15, 0.2) is 0 Å². The Balaban J connectivity index is 1.22.